The van der Waals surface area contributed by atoms with Crippen molar-refractivity contribution < 1.29 is 28.3 Å². The molecule has 0 radical (unpaired) electrons. The highest BCUT2D eigenvalue weighted by Gasteiger charge is 2.46. The van der Waals surface area contributed by atoms with E-state index in [1.165, 1.54) is 6.92 Å². The van der Waals surface area contributed by atoms with Crippen molar-refractivity contribution in [2.75, 3.05) is 0 Å². The zero-order chi connectivity index (χ0) is 28.2. The lowest BCUT2D eigenvalue weighted by Crippen LogP contribution is -2.62. The molecule has 9 heteroatoms. The number of carbonyl (C=O) groups excluding carboxylic acids is 3. The minimum Gasteiger partial charge on any atom is -0.378 e. The number of hydrogen-bond acceptors (Lipinski definition) is 4. The first-order valence-electron chi connectivity index (χ1n) is 12.8. The van der Waals surface area contributed by atoms with Crippen molar-refractivity contribution in [1.82, 2.24) is 16.0 Å². The lowest BCUT2D eigenvalue weighted by Gasteiger charge is -2.36. The van der Waals surface area contributed by atoms with E-state index in [1.807, 2.05) is 60.7 Å². The van der Waals surface area contributed by atoms with E-state index in [9.17, 15) is 28.3 Å². The molecule has 3 amide bonds. The molecule has 5 atom stereocenters. The van der Waals surface area contributed by atoms with E-state index in [4.69, 9.17) is 0 Å². The normalized spacial score (nSPS) is 22.6. The fourth-order valence-electron chi connectivity index (χ4n) is 5.03. The van der Waals surface area contributed by atoms with E-state index < -0.39 is 41.1 Å². The summed E-state index contributed by atoms with van der Waals surface area (Å²) in [6.45, 7) is 3.05. The molecule has 4 N–H and O–H groups in total. The molecule has 0 bridgehead atoms. The van der Waals surface area contributed by atoms with Crippen LogP contribution in [0.5, 0.6) is 0 Å². The molecule has 39 heavy (non-hydrogen) atoms. The number of carbonyl (C=O) groups is 3. The minimum atomic E-state index is -1.90. The van der Waals surface area contributed by atoms with Crippen molar-refractivity contribution in [1.29, 1.82) is 0 Å². The van der Waals surface area contributed by atoms with E-state index in [2.05, 4.69) is 16.0 Å². The fraction of sp³-hybridized carbons (Fsp3) is 0.300. The van der Waals surface area contributed by atoms with Crippen LogP contribution in [-0.2, 0) is 14.4 Å². The van der Waals surface area contributed by atoms with Gasteiger partial charge in [0.05, 0.1) is 6.04 Å². The van der Waals surface area contributed by atoms with Crippen molar-refractivity contribution in [3.63, 3.8) is 0 Å². The predicted molar refractivity (Wildman–Crippen MR) is 141 cm³/mol. The summed E-state index contributed by atoms with van der Waals surface area (Å²) in [7, 11) is 0. The highest BCUT2D eigenvalue weighted by molar-refractivity contribution is 5.95. The van der Waals surface area contributed by atoms with Gasteiger partial charge < -0.3 is 21.1 Å². The Hall–Kier alpha value is -4.11. The maximum Gasteiger partial charge on any atom is 0.254 e. The molecule has 3 aromatic rings. The molecule has 3 aromatic carbocycles. The Balaban J connectivity index is 1.54. The summed E-state index contributed by atoms with van der Waals surface area (Å²) in [5.74, 6) is -4.31. The van der Waals surface area contributed by atoms with Gasteiger partial charge in [0.15, 0.2) is 6.10 Å². The van der Waals surface area contributed by atoms with Crippen LogP contribution in [-0.4, -0.2) is 34.4 Å². The molecule has 0 saturated carbocycles. The SMILES string of the molecule is C[C@H](NC(=O)[C@@H](O)c1cc(F)cc(F)c1)C(=O)N[C@]1(C)C(=O)N[C@H](c2ccccc2)CC[C@H]1c1ccccc1. The van der Waals surface area contributed by atoms with Gasteiger partial charge in [0, 0.05) is 12.0 Å². The number of rotatable bonds is 7. The number of aliphatic hydroxyl groups is 1. The monoisotopic (exact) mass is 535 g/mol. The smallest absolute Gasteiger partial charge is 0.254 e. The first-order valence-corrected chi connectivity index (χ1v) is 12.8. The Morgan fingerprint density at radius 1 is 0.923 bits per heavy atom. The molecule has 0 spiro atoms. The molecule has 204 valence electrons. The number of aliphatic hydroxyl groups excluding tert-OH is 1. The van der Waals surface area contributed by atoms with Crippen LogP contribution < -0.4 is 16.0 Å². The number of nitrogens with one attached hydrogen (secondary N) is 3. The van der Waals surface area contributed by atoms with Crippen molar-refractivity contribution >= 4 is 17.7 Å². The average Bonchev–Trinajstić information content (AvgIpc) is 3.04. The molecule has 4 rings (SSSR count). The second-order valence-corrected chi connectivity index (χ2v) is 10.0. The lowest BCUT2D eigenvalue weighted by atomic mass is 9.77. The Kier molecular flexibility index (Phi) is 8.40. The Morgan fingerprint density at radius 3 is 2.08 bits per heavy atom. The van der Waals surface area contributed by atoms with Gasteiger partial charge in [0.2, 0.25) is 11.8 Å². The van der Waals surface area contributed by atoms with Gasteiger partial charge in [-0.1, -0.05) is 60.7 Å². The summed E-state index contributed by atoms with van der Waals surface area (Å²) < 4.78 is 27.1. The molecule has 1 saturated heterocycles. The van der Waals surface area contributed by atoms with Gasteiger partial charge in [-0.2, -0.15) is 0 Å². The zero-order valence-electron chi connectivity index (χ0n) is 21.7. The highest BCUT2D eigenvalue weighted by Crippen LogP contribution is 2.38. The summed E-state index contributed by atoms with van der Waals surface area (Å²) in [4.78, 5) is 39.6. The van der Waals surface area contributed by atoms with Crippen LogP contribution in [0.4, 0.5) is 8.78 Å². The van der Waals surface area contributed by atoms with Crippen LogP contribution >= 0.6 is 0 Å². The first-order chi connectivity index (χ1) is 18.6. The van der Waals surface area contributed by atoms with Crippen LogP contribution in [0.25, 0.3) is 0 Å². The number of hydrogen-bond donors (Lipinski definition) is 4. The van der Waals surface area contributed by atoms with E-state index in [-0.39, 0.29) is 23.4 Å². The Morgan fingerprint density at radius 2 is 1.49 bits per heavy atom. The van der Waals surface area contributed by atoms with Crippen LogP contribution in [0.15, 0.2) is 78.9 Å². The largest absolute Gasteiger partial charge is 0.378 e. The summed E-state index contributed by atoms with van der Waals surface area (Å²) in [5, 5.41) is 18.6. The quantitative estimate of drug-likeness (QED) is 0.369. The second-order valence-electron chi connectivity index (χ2n) is 10.0. The molecular formula is C30H31F2N3O4. The Bertz CT molecular complexity index is 1320. The molecule has 1 fully saturated rings. The number of amides is 3. The molecule has 1 heterocycles. The summed E-state index contributed by atoms with van der Waals surface area (Å²) >= 11 is 0. The van der Waals surface area contributed by atoms with Crippen LogP contribution in [0, 0.1) is 11.6 Å². The maximum absolute atomic E-state index is 13.7. The van der Waals surface area contributed by atoms with Crippen molar-refractivity contribution in [3.05, 3.63) is 107 Å². The van der Waals surface area contributed by atoms with E-state index in [0.717, 1.165) is 23.3 Å². The maximum atomic E-state index is 13.7. The molecule has 0 aromatic heterocycles. The predicted octanol–water partition coefficient (Wildman–Crippen LogP) is 3.81. The fourth-order valence-corrected chi connectivity index (χ4v) is 5.03. The summed E-state index contributed by atoms with van der Waals surface area (Å²) in [6, 6.07) is 19.9. The number of benzene rings is 3. The van der Waals surface area contributed by atoms with Crippen LogP contribution in [0.3, 0.4) is 0 Å². The van der Waals surface area contributed by atoms with Crippen molar-refractivity contribution in [2.45, 2.75) is 56.3 Å². The van der Waals surface area contributed by atoms with E-state index in [1.54, 1.807) is 6.92 Å². The first kappa shape index (κ1) is 27.9. The van der Waals surface area contributed by atoms with Crippen molar-refractivity contribution in [2.24, 2.45) is 0 Å². The van der Waals surface area contributed by atoms with Gasteiger partial charge in [-0.15, -0.1) is 0 Å². The second kappa shape index (κ2) is 11.7. The highest BCUT2D eigenvalue weighted by atomic mass is 19.1. The molecule has 0 aliphatic carbocycles. The topological polar surface area (TPSA) is 108 Å². The molecule has 1 aliphatic heterocycles. The number of halogens is 2. The van der Waals surface area contributed by atoms with Gasteiger partial charge in [-0.3, -0.25) is 14.4 Å². The van der Waals surface area contributed by atoms with Crippen molar-refractivity contribution in [3.8, 4) is 0 Å². The molecule has 1 aliphatic rings. The van der Waals surface area contributed by atoms with Gasteiger partial charge in [-0.05, 0) is 55.5 Å². The van der Waals surface area contributed by atoms with Gasteiger partial charge in [0.25, 0.3) is 5.91 Å². The van der Waals surface area contributed by atoms with E-state index in [0.29, 0.717) is 18.9 Å². The summed E-state index contributed by atoms with van der Waals surface area (Å²) in [6.07, 6.45) is -0.668. The molecule has 7 nitrogen and oxygen atoms in total. The molecular weight excluding hydrogens is 504 g/mol. The molecule has 0 unspecified atom stereocenters. The van der Waals surface area contributed by atoms with E-state index >= 15 is 0 Å². The minimum absolute atomic E-state index is 0.248. The Labute approximate surface area is 225 Å². The van der Waals surface area contributed by atoms with Crippen LogP contribution in [0.2, 0.25) is 0 Å². The third kappa shape index (κ3) is 6.31. The van der Waals surface area contributed by atoms with Gasteiger partial charge in [0.1, 0.15) is 23.2 Å². The zero-order valence-corrected chi connectivity index (χ0v) is 21.7. The van der Waals surface area contributed by atoms with Gasteiger partial charge in [-0.25, -0.2) is 8.78 Å². The summed E-state index contributed by atoms with van der Waals surface area (Å²) in [5.41, 5.74) is 0.176. The average molecular weight is 536 g/mol. The van der Waals surface area contributed by atoms with Gasteiger partial charge >= 0.3 is 0 Å². The van der Waals surface area contributed by atoms with Crippen LogP contribution in [0.1, 0.15) is 61.4 Å². The third-order valence-corrected chi connectivity index (χ3v) is 7.21. The third-order valence-electron chi connectivity index (χ3n) is 7.21. The lowest BCUT2D eigenvalue weighted by molar-refractivity contribution is -0.137. The standard InChI is InChI=1S/C30H31F2N3O4/c1-18(33-28(38)26(36)21-15-22(31)17-23(32)16-21)27(37)35-30(2)24(19-9-5-3-6-10-19)13-14-25(34-29(30)39)20-11-7-4-8-12-20/h3-12,15-18,24-26,36H,13-14H2,1-2H3,(H,33,38)(H,34,39)(H,35,37)/t18-,24-,25-,26-,30-/m0/s1.